The number of hydrogen-bond donors (Lipinski definition) is 0. The average molecular weight is 184 g/mol. The molecule has 0 heterocycles. The van der Waals surface area contributed by atoms with Crippen molar-refractivity contribution in [1.82, 2.24) is 0 Å². The first-order valence-corrected chi connectivity index (χ1v) is 2.21. The molecule has 0 spiro atoms. The smallest absolute Gasteiger partial charge is 0 e. The molecule has 1 nitrogen and oxygen atoms in total. The van der Waals surface area contributed by atoms with Crippen LogP contribution in [0.5, 0.6) is 0 Å². The Morgan fingerprint density at radius 2 is 1.88 bits per heavy atom. The van der Waals surface area contributed by atoms with E-state index in [0.29, 0.717) is 5.70 Å². The molecule has 0 aromatic heterocycles. The summed E-state index contributed by atoms with van der Waals surface area (Å²) in [6.07, 6.45) is 0. The molecule has 0 aliphatic rings. The molecular formula is C6H9NY-2. The van der Waals surface area contributed by atoms with Gasteiger partial charge in [-0.1, -0.05) is 13.8 Å². The van der Waals surface area contributed by atoms with Gasteiger partial charge in [0.15, 0.2) is 0 Å². The second-order valence-electron chi connectivity index (χ2n) is 1.71. The first kappa shape index (κ1) is 11.3. The number of hydrogen-bond acceptors (Lipinski definition) is 1. The minimum Gasteiger partial charge on any atom is -0.597 e. The fraction of sp³-hybridized carbons (Fsp3) is 0.500. The zero-order chi connectivity index (χ0) is 5.86. The first-order valence-electron chi connectivity index (χ1n) is 2.21. The fourth-order valence-electron chi connectivity index (χ4n) is 0.149. The van der Waals surface area contributed by atoms with Gasteiger partial charge in [0.1, 0.15) is 0 Å². The maximum Gasteiger partial charge on any atom is 0 e. The number of aliphatic imine (C=N–C) groups is 1. The van der Waals surface area contributed by atoms with Gasteiger partial charge in [-0.15, -0.1) is 5.92 Å². The Morgan fingerprint density at radius 3 is 1.88 bits per heavy atom. The van der Waals surface area contributed by atoms with Crippen LogP contribution in [0.25, 0.3) is 0 Å². The van der Waals surface area contributed by atoms with E-state index < -0.39 is 0 Å². The Bertz CT molecular complexity index is 86.5. The van der Waals surface area contributed by atoms with Gasteiger partial charge < -0.3 is 17.3 Å². The second kappa shape index (κ2) is 5.65. The number of rotatable bonds is 2. The molecule has 0 aliphatic carbocycles. The van der Waals surface area contributed by atoms with Gasteiger partial charge in [0.05, 0.1) is 0 Å². The van der Waals surface area contributed by atoms with Crippen molar-refractivity contribution in [3.63, 3.8) is 0 Å². The van der Waals surface area contributed by atoms with Crippen molar-refractivity contribution in [1.29, 1.82) is 0 Å². The van der Waals surface area contributed by atoms with Gasteiger partial charge in [-0.2, -0.15) is 6.72 Å². The summed E-state index contributed by atoms with van der Waals surface area (Å²) in [6, 6.07) is 0. The van der Waals surface area contributed by atoms with Gasteiger partial charge in [-0.3, -0.25) is 0 Å². The van der Waals surface area contributed by atoms with Gasteiger partial charge >= 0.3 is 0 Å². The molecule has 0 aromatic rings. The summed E-state index contributed by atoms with van der Waals surface area (Å²) < 4.78 is 0. The van der Waals surface area contributed by atoms with E-state index in [4.69, 9.17) is 13.3 Å². The summed E-state index contributed by atoms with van der Waals surface area (Å²) in [4.78, 5) is 3.28. The maximum absolute atomic E-state index is 5.24. The van der Waals surface area contributed by atoms with Crippen molar-refractivity contribution in [2.45, 2.75) is 13.8 Å². The predicted octanol–water partition coefficient (Wildman–Crippen LogP) is 1.53. The van der Waals surface area contributed by atoms with Crippen LogP contribution in [0.4, 0.5) is 0 Å². The summed E-state index contributed by atoms with van der Waals surface area (Å²) in [5, 5.41) is 0. The van der Waals surface area contributed by atoms with Crippen LogP contribution in [0.3, 0.4) is 0 Å². The van der Waals surface area contributed by atoms with E-state index >= 15 is 0 Å². The third kappa shape index (κ3) is 4.67. The standard InChI is InChI=1S/C6H9N.Y/c1-5(2)6(3)7-4;/h3-5H,1-2H3;/q-2;. The third-order valence-electron chi connectivity index (χ3n) is 0.741. The van der Waals surface area contributed by atoms with Gasteiger partial charge in [0.2, 0.25) is 0 Å². The monoisotopic (exact) mass is 184 g/mol. The molecule has 0 saturated carbocycles. The molecule has 2 heteroatoms. The molecule has 1 radical (unpaired) electrons. The van der Waals surface area contributed by atoms with Crippen molar-refractivity contribution in [2.75, 3.05) is 0 Å². The van der Waals surface area contributed by atoms with E-state index in [9.17, 15) is 0 Å². The van der Waals surface area contributed by atoms with Crippen molar-refractivity contribution in [2.24, 2.45) is 10.9 Å². The molecule has 0 amide bonds. The van der Waals surface area contributed by atoms with Crippen molar-refractivity contribution >= 4 is 6.72 Å². The predicted molar refractivity (Wildman–Crippen MR) is 31.1 cm³/mol. The quantitative estimate of drug-likeness (QED) is 0.455. The number of nitrogens with zero attached hydrogens (tertiary/aromatic N) is 1. The van der Waals surface area contributed by atoms with Crippen LogP contribution in [0.15, 0.2) is 10.7 Å². The molecule has 0 bridgehead atoms. The minimum absolute atomic E-state index is 0. The number of allylic oxidation sites excluding steroid dienone is 1. The zero-order valence-corrected chi connectivity index (χ0v) is 8.09. The Labute approximate surface area is 76.2 Å². The van der Waals surface area contributed by atoms with Gasteiger partial charge in [0.25, 0.3) is 0 Å². The first-order chi connectivity index (χ1) is 3.18. The van der Waals surface area contributed by atoms with Gasteiger partial charge in [0, 0.05) is 32.7 Å². The van der Waals surface area contributed by atoms with E-state index in [0.717, 1.165) is 0 Å². The largest absolute Gasteiger partial charge is 0.597 e. The zero-order valence-electron chi connectivity index (χ0n) is 5.26. The second-order valence-corrected chi connectivity index (χ2v) is 1.71. The molecule has 0 N–H and O–H groups in total. The molecular weight excluding hydrogens is 175 g/mol. The normalized spacial score (nSPS) is 7.88. The van der Waals surface area contributed by atoms with E-state index in [1.165, 1.54) is 0 Å². The van der Waals surface area contributed by atoms with Gasteiger partial charge in [-0.05, 0) is 0 Å². The summed E-state index contributed by atoms with van der Waals surface area (Å²) in [6.45, 7) is 13.9. The molecule has 0 aromatic carbocycles. The molecule has 0 fully saturated rings. The van der Waals surface area contributed by atoms with Crippen molar-refractivity contribution < 1.29 is 32.7 Å². The summed E-state index contributed by atoms with van der Waals surface area (Å²) in [5.41, 5.74) is 0.500. The van der Waals surface area contributed by atoms with E-state index in [1.54, 1.807) is 0 Å². The van der Waals surface area contributed by atoms with E-state index in [2.05, 4.69) is 4.99 Å². The Hall–Kier alpha value is 0.514. The Balaban J connectivity index is 0. The minimum atomic E-state index is 0. The van der Waals surface area contributed by atoms with Crippen LogP contribution in [0.2, 0.25) is 0 Å². The van der Waals surface area contributed by atoms with Crippen LogP contribution in [-0.2, 0) is 32.7 Å². The molecule has 0 atom stereocenters. The van der Waals surface area contributed by atoms with Crippen LogP contribution in [-0.4, -0.2) is 6.72 Å². The molecule has 0 rings (SSSR count). The Morgan fingerprint density at radius 1 is 1.50 bits per heavy atom. The molecule has 0 unspecified atom stereocenters. The van der Waals surface area contributed by atoms with Gasteiger partial charge in [-0.25, -0.2) is 0 Å². The fourth-order valence-corrected chi connectivity index (χ4v) is 0.149. The van der Waals surface area contributed by atoms with E-state index in [-0.39, 0.29) is 38.6 Å². The van der Waals surface area contributed by atoms with Crippen LogP contribution in [0.1, 0.15) is 13.8 Å². The molecule has 0 saturated heterocycles. The van der Waals surface area contributed by atoms with Crippen LogP contribution < -0.4 is 0 Å². The average Bonchev–Trinajstić information content (AvgIpc) is 1.65. The topological polar surface area (TPSA) is 12.4 Å². The Kier molecular flexibility index (Phi) is 8.00. The third-order valence-corrected chi connectivity index (χ3v) is 0.741. The SMILES string of the molecule is [CH-]=NC(=[CH-])C(C)C.[Y]. The van der Waals surface area contributed by atoms with Crippen LogP contribution >= 0.6 is 0 Å². The van der Waals surface area contributed by atoms with Crippen molar-refractivity contribution in [3.8, 4) is 0 Å². The maximum atomic E-state index is 5.24. The molecule has 43 valence electrons. The van der Waals surface area contributed by atoms with E-state index in [1.807, 2.05) is 13.8 Å². The summed E-state index contributed by atoms with van der Waals surface area (Å²) in [5.74, 6) is 0.269. The summed E-state index contributed by atoms with van der Waals surface area (Å²) >= 11 is 0. The van der Waals surface area contributed by atoms with Crippen molar-refractivity contribution in [3.05, 3.63) is 12.3 Å². The summed E-state index contributed by atoms with van der Waals surface area (Å²) in [7, 11) is 0. The molecule has 0 aliphatic heterocycles. The van der Waals surface area contributed by atoms with Crippen LogP contribution in [0, 0.1) is 12.5 Å². The molecule has 8 heavy (non-hydrogen) atoms.